The molecule has 0 aromatic heterocycles. The van der Waals surface area contributed by atoms with Crippen molar-refractivity contribution in [3.8, 4) is 0 Å². The van der Waals surface area contributed by atoms with Gasteiger partial charge in [-0.1, -0.05) is 29.8 Å². The first-order valence-electron chi connectivity index (χ1n) is 5.20. The Morgan fingerprint density at radius 1 is 1.53 bits per heavy atom. The molecule has 0 fully saturated rings. The van der Waals surface area contributed by atoms with E-state index in [-0.39, 0.29) is 19.1 Å². The molecule has 94 valence electrons. The molecule has 1 aromatic rings. The van der Waals surface area contributed by atoms with Gasteiger partial charge in [0.15, 0.2) is 0 Å². The fraction of sp³-hybridized carbons (Fsp3) is 0.417. The SMILES string of the molecule is COCC(=O)NC[C@@](C)(O)c1ccccc1Cl. The zero-order valence-corrected chi connectivity index (χ0v) is 10.6. The lowest BCUT2D eigenvalue weighted by Gasteiger charge is -2.25. The molecule has 1 amide bonds. The molecule has 0 aliphatic rings. The van der Waals surface area contributed by atoms with E-state index in [1.807, 2.05) is 0 Å². The zero-order valence-electron chi connectivity index (χ0n) is 9.87. The van der Waals surface area contributed by atoms with Gasteiger partial charge in [-0.25, -0.2) is 0 Å². The molecule has 1 aromatic carbocycles. The van der Waals surface area contributed by atoms with Crippen molar-refractivity contribution < 1.29 is 14.6 Å². The molecular weight excluding hydrogens is 242 g/mol. The minimum absolute atomic E-state index is 0.0292. The summed E-state index contributed by atoms with van der Waals surface area (Å²) >= 11 is 5.99. The molecule has 0 radical (unpaired) electrons. The smallest absolute Gasteiger partial charge is 0.246 e. The number of halogens is 1. The van der Waals surface area contributed by atoms with Gasteiger partial charge in [0.2, 0.25) is 5.91 Å². The van der Waals surface area contributed by atoms with Crippen molar-refractivity contribution in [1.29, 1.82) is 0 Å². The predicted molar refractivity (Wildman–Crippen MR) is 65.9 cm³/mol. The van der Waals surface area contributed by atoms with Crippen LogP contribution in [0.25, 0.3) is 0 Å². The van der Waals surface area contributed by atoms with Crippen molar-refractivity contribution in [3.63, 3.8) is 0 Å². The van der Waals surface area contributed by atoms with Crippen molar-refractivity contribution in [2.45, 2.75) is 12.5 Å². The van der Waals surface area contributed by atoms with Crippen molar-refractivity contribution in [3.05, 3.63) is 34.9 Å². The summed E-state index contributed by atoms with van der Waals surface area (Å²) in [4.78, 5) is 11.2. The van der Waals surface area contributed by atoms with Crippen LogP contribution in [0.5, 0.6) is 0 Å². The largest absolute Gasteiger partial charge is 0.384 e. The molecule has 0 bridgehead atoms. The molecule has 1 atom stereocenters. The van der Waals surface area contributed by atoms with Gasteiger partial charge in [-0.05, 0) is 13.0 Å². The topological polar surface area (TPSA) is 58.6 Å². The van der Waals surface area contributed by atoms with E-state index in [0.29, 0.717) is 10.6 Å². The van der Waals surface area contributed by atoms with E-state index in [2.05, 4.69) is 10.1 Å². The van der Waals surface area contributed by atoms with Crippen LogP contribution in [0.15, 0.2) is 24.3 Å². The Kier molecular flexibility index (Phi) is 4.93. The van der Waals surface area contributed by atoms with Gasteiger partial charge in [-0.15, -0.1) is 0 Å². The van der Waals surface area contributed by atoms with Crippen LogP contribution in [-0.2, 0) is 15.1 Å². The molecule has 0 saturated carbocycles. The van der Waals surface area contributed by atoms with Crippen molar-refractivity contribution in [2.75, 3.05) is 20.3 Å². The number of nitrogens with one attached hydrogen (secondary N) is 1. The van der Waals surface area contributed by atoms with Crippen LogP contribution in [0, 0.1) is 0 Å². The summed E-state index contributed by atoms with van der Waals surface area (Å²) < 4.78 is 4.68. The lowest BCUT2D eigenvalue weighted by molar-refractivity contribution is -0.125. The van der Waals surface area contributed by atoms with E-state index < -0.39 is 5.60 Å². The van der Waals surface area contributed by atoms with Crippen LogP contribution in [0.1, 0.15) is 12.5 Å². The van der Waals surface area contributed by atoms with Gasteiger partial charge in [0, 0.05) is 17.7 Å². The molecule has 0 heterocycles. The van der Waals surface area contributed by atoms with Gasteiger partial charge in [0.25, 0.3) is 0 Å². The number of ether oxygens (including phenoxy) is 1. The Balaban J connectivity index is 2.69. The molecule has 0 saturated heterocycles. The first-order chi connectivity index (χ1) is 7.97. The summed E-state index contributed by atoms with van der Waals surface area (Å²) in [6, 6.07) is 6.99. The maximum Gasteiger partial charge on any atom is 0.246 e. The lowest BCUT2D eigenvalue weighted by atomic mass is 9.96. The molecule has 2 N–H and O–H groups in total. The summed E-state index contributed by atoms with van der Waals surface area (Å²) in [5.41, 5.74) is -0.624. The third-order valence-corrected chi connectivity index (χ3v) is 2.69. The quantitative estimate of drug-likeness (QED) is 0.836. The Hall–Kier alpha value is -1.10. The lowest BCUT2D eigenvalue weighted by Crippen LogP contribution is -2.40. The normalized spacial score (nSPS) is 14.1. The fourth-order valence-electron chi connectivity index (χ4n) is 1.45. The highest BCUT2D eigenvalue weighted by Crippen LogP contribution is 2.26. The van der Waals surface area contributed by atoms with E-state index >= 15 is 0 Å². The van der Waals surface area contributed by atoms with Crippen LogP contribution in [0.4, 0.5) is 0 Å². The number of methoxy groups -OCH3 is 1. The summed E-state index contributed by atoms with van der Waals surface area (Å²) in [6.07, 6.45) is 0. The molecule has 0 aliphatic carbocycles. The van der Waals surface area contributed by atoms with Gasteiger partial charge >= 0.3 is 0 Å². The highest BCUT2D eigenvalue weighted by molar-refractivity contribution is 6.31. The number of carbonyl (C=O) groups excluding carboxylic acids is 1. The minimum Gasteiger partial charge on any atom is -0.384 e. The van der Waals surface area contributed by atoms with E-state index in [0.717, 1.165) is 0 Å². The molecule has 0 aliphatic heterocycles. The van der Waals surface area contributed by atoms with Gasteiger partial charge in [0.1, 0.15) is 12.2 Å². The molecule has 4 nitrogen and oxygen atoms in total. The summed E-state index contributed by atoms with van der Waals surface area (Å²) in [7, 11) is 1.44. The summed E-state index contributed by atoms with van der Waals surface area (Å²) in [6.45, 7) is 1.65. The van der Waals surface area contributed by atoms with Gasteiger partial charge < -0.3 is 15.2 Å². The second-order valence-electron chi connectivity index (χ2n) is 3.96. The number of hydrogen-bond donors (Lipinski definition) is 2. The number of amides is 1. The number of rotatable bonds is 5. The first-order valence-corrected chi connectivity index (χ1v) is 5.58. The number of benzene rings is 1. The predicted octanol–water partition coefficient (Wildman–Crippen LogP) is 1.31. The average Bonchev–Trinajstić information content (AvgIpc) is 2.27. The molecule has 5 heteroatoms. The fourth-order valence-corrected chi connectivity index (χ4v) is 1.79. The highest BCUT2D eigenvalue weighted by Gasteiger charge is 2.25. The summed E-state index contributed by atoms with van der Waals surface area (Å²) in [5, 5.41) is 13.3. The molecule has 17 heavy (non-hydrogen) atoms. The third kappa shape index (κ3) is 4.00. The number of hydrogen-bond acceptors (Lipinski definition) is 3. The molecule has 0 spiro atoms. The first kappa shape index (κ1) is 14.0. The molecule has 1 rings (SSSR count). The second kappa shape index (κ2) is 6.00. The van der Waals surface area contributed by atoms with Crippen LogP contribution >= 0.6 is 11.6 Å². The number of carbonyl (C=O) groups is 1. The van der Waals surface area contributed by atoms with Crippen molar-refractivity contribution in [1.82, 2.24) is 5.32 Å². The standard InChI is InChI=1S/C12H16ClNO3/c1-12(16,8-14-11(15)7-17-2)9-5-3-4-6-10(9)13/h3-6,16H,7-8H2,1-2H3,(H,14,15)/t12-/m1/s1. The Morgan fingerprint density at radius 2 is 2.18 bits per heavy atom. The third-order valence-electron chi connectivity index (χ3n) is 2.36. The van der Waals surface area contributed by atoms with E-state index in [1.165, 1.54) is 7.11 Å². The van der Waals surface area contributed by atoms with Crippen LogP contribution in [-0.4, -0.2) is 31.3 Å². The zero-order chi connectivity index (χ0) is 12.9. The van der Waals surface area contributed by atoms with E-state index in [4.69, 9.17) is 11.6 Å². The van der Waals surface area contributed by atoms with E-state index in [1.54, 1.807) is 31.2 Å². The van der Waals surface area contributed by atoms with Crippen molar-refractivity contribution in [2.24, 2.45) is 0 Å². The maximum absolute atomic E-state index is 11.2. The number of aliphatic hydroxyl groups is 1. The van der Waals surface area contributed by atoms with Crippen LogP contribution in [0.2, 0.25) is 5.02 Å². The molecule has 0 unspecified atom stereocenters. The van der Waals surface area contributed by atoms with Gasteiger partial charge in [0.05, 0.1) is 6.54 Å². The Labute approximate surface area is 106 Å². The van der Waals surface area contributed by atoms with Gasteiger partial charge in [-0.2, -0.15) is 0 Å². The van der Waals surface area contributed by atoms with E-state index in [9.17, 15) is 9.90 Å². The second-order valence-corrected chi connectivity index (χ2v) is 4.37. The summed E-state index contributed by atoms with van der Waals surface area (Å²) in [5.74, 6) is -0.278. The average molecular weight is 258 g/mol. The maximum atomic E-state index is 11.2. The highest BCUT2D eigenvalue weighted by atomic mass is 35.5. The van der Waals surface area contributed by atoms with Crippen LogP contribution in [0.3, 0.4) is 0 Å². The Bertz CT molecular complexity index is 393. The monoisotopic (exact) mass is 257 g/mol. The molecular formula is C12H16ClNO3. The minimum atomic E-state index is -1.21. The van der Waals surface area contributed by atoms with Gasteiger partial charge in [-0.3, -0.25) is 4.79 Å². The van der Waals surface area contributed by atoms with Crippen molar-refractivity contribution >= 4 is 17.5 Å². The Morgan fingerprint density at radius 3 is 2.76 bits per heavy atom. The van der Waals surface area contributed by atoms with Crippen LogP contribution < -0.4 is 5.32 Å².